The van der Waals surface area contributed by atoms with Crippen molar-refractivity contribution in [3.8, 4) is 5.75 Å². The van der Waals surface area contributed by atoms with Crippen molar-refractivity contribution in [3.63, 3.8) is 0 Å². The molecule has 8 heteroatoms. The third kappa shape index (κ3) is 5.29. The second-order valence-electron chi connectivity index (χ2n) is 7.49. The molecule has 33 heavy (non-hydrogen) atoms. The van der Waals surface area contributed by atoms with E-state index in [0.29, 0.717) is 26.1 Å². The average molecular weight is 543 g/mol. The highest BCUT2D eigenvalue weighted by Crippen LogP contribution is 2.38. The van der Waals surface area contributed by atoms with Gasteiger partial charge >= 0.3 is 0 Å². The van der Waals surface area contributed by atoms with E-state index in [0.717, 1.165) is 15.8 Å². The van der Waals surface area contributed by atoms with E-state index in [1.807, 2.05) is 55.4 Å². The molecule has 0 N–H and O–H groups in total. The van der Waals surface area contributed by atoms with Crippen molar-refractivity contribution >= 4 is 67.6 Å². The lowest BCUT2D eigenvalue weighted by Gasteiger charge is -2.17. The van der Waals surface area contributed by atoms with Crippen LogP contribution < -0.4 is 14.5 Å². The number of hydrogen-bond acceptors (Lipinski definition) is 5. The molecule has 0 bridgehead atoms. The Kier molecular flexibility index (Phi) is 7.17. The van der Waals surface area contributed by atoms with Crippen molar-refractivity contribution < 1.29 is 13.9 Å². The van der Waals surface area contributed by atoms with Gasteiger partial charge in [0.2, 0.25) is 0 Å². The van der Waals surface area contributed by atoms with Crippen LogP contribution in [0.15, 0.2) is 76.1 Å². The van der Waals surface area contributed by atoms with Crippen molar-refractivity contribution in [2.24, 2.45) is 0 Å². The summed E-state index contributed by atoms with van der Waals surface area (Å²) < 4.78 is 21.2. The fraction of sp³-hybridized carbons (Fsp3) is 0.120. The maximum absolute atomic E-state index is 14.0. The predicted molar refractivity (Wildman–Crippen MR) is 141 cm³/mol. The van der Waals surface area contributed by atoms with E-state index in [9.17, 15) is 9.18 Å². The standard InChI is InChI=1S/C25H20BrFN2O2S2/c1-28(2)19-8-10-20(11-9-19)29-24(30)23(33-25(29)32)14-17-13-18(26)7-12-22(17)31-15-16-5-3-4-6-21(16)27/h3-14H,15H2,1-2H3. The Hall–Kier alpha value is -2.68. The molecule has 1 fully saturated rings. The number of benzene rings is 3. The summed E-state index contributed by atoms with van der Waals surface area (Å²) >= 11 is 10.2. The van der Waals surface area contributed by atoms with Crippen LogP contribution in [-0.4, -0.2) is 24.3 Å². The van der Waals surface area contributed by atoms with Gasteiger partial charge in [0, 0.05) is 35.4 Å². The number of rotatable bonds is 6. The fourth-order valence-electron chi connectivity index (χ4n) is 3.27. The van der Waals surface area contributed by atoms with Gasteiger partial charge in [-0.2, -0.15) is 0 Å². The molecule has 1 aliphatic heterocycles. The minimum atomic E-state index is -0.322. The Morgan fingerprint density at radius 1 is 1.12 bits per heavy atom. The number of thioether (sulfide) groups is 1. The van der Waals surface area contributed by atoms with E-state index >= 15 is 0 Å². The van der Waals surface area contributed by atoms with Crippen LogP contribution in [0, 0.1) is 5.82 Å². The van der Waals surface area contributed by atoms with Crippen LogP contribution in [0.2, 0.25) is 0 Å². The van der Waals surface area contributed by atoms with Gasteiger partial charge in [0.15, 0.2) is 4.32 Å². The Morgan fingerprint density at radius 2 is 1.85 bits per heavy atom. The van der Waals surface area contributed by atoms with E-state index in [1.165, 1.54) is 22.7 Å². The largest absolute Gasteiger partial charge is 0.488 e. The van der Waals surface area contributed by atoms with Crippen molar-refractivity contribution in [1.29, 1.82) is 0 Å². The Bertz CT molecular complexity index is 1250. The van der Waals surface area contributed by atoms with E-state index in [-0.39, 0.29) is 18.3 Å². The Morgan fingerprint density at radius 3 is 2.55 bits per heavy atom. The first-order valence-electron chi connectivity index (χ1n) is 10.0. The number of nitrogens with zero attached hydrogens (tertiary/aromatic N) is 2. The van der Waals surface area contributed by atoms with Crippen LogP contribution in [0.5, 0.6) is 5.75 Å². The lowest BCUT2D eigenvalue weighted by atomic mass is 10.1. The summed E-state index contributed by atoms with van der Waals surface area (Å²) in [5.41, 5.74) is 2.91. The summed E-state index contributed by atoms with van der Waals surface area (Å²) in [6.07, 6.45) is 1.76. The van der Waals surface area contributed by atoms with E-state index in [4.69, 9.17) is 17.0 Å². The molecule has 1 amide bonds. The predicted octanol–water partition coefficient (Wildman–Crippen LogP) is 6.64. The van der Waals surface area contributed by atoms with Crippen LogP contribution in [-0.2, 0) is 11.4 Å². The molecular weight excluding hydrogens is 523 g/mol. The highest BCUT2D eigenvalue weighted by molar-refractivity contribution is 9.10. The monoisotopic (exact) mass is 542 g/mol. The second-order valence-corrected chi connectivity index (χ2v) is 10.1. The SMILES string of the molecule is CN(C)c1ccc(N2C(=O)C(=Cc3cc(Br)ccc3OCc3ccccc3F)SC2=S)cc1. The maximum atomic E-state index is 14.0. The van der Waals surface area contributed by atoms with Crippen LogP contribution in [0.25, 0.3) is 6.08 Å². The summed E-state index contributed by atoms with van der Waals surface area (Å²) in [6.45, 7) is 0.0777. The number of hydrogen-bond donors (Lipinski definition) is 0. The van der Waals surface area contributed by atoms with Gasteiger partial charge in [0.05, 0.1) is 10.6 Å². The molecule has 168 valence electrons. The van der Waals surface area contributed by atoms with Crippen LogP contribution in [0.1, 0.15) is 11.1 Å². The molecule has 3 aromatic rings. The third-order valence-electron chi connectivity index (χ3n) is 5.02. The number of carbonyl (C=O) groups is 1. The fourth-order valence-corrected chi connectivity index (χ4v) is 4.93. The van der Waals surface area contributed by atoms with Gasteiger partial charge in [-0.15, -0.1) is 0 Å². The van der Waals surface area contributed by atoms with E-state index < -0.39 is 0 Å². The number of ether oxygens (including phenoxy) is 1. The van der Waals surface area contributed by atoms with Gasteiger partial charge in [-0.1, -0.05) is 58.1 Å². The zero-order valence-corrected chi connectivity index (χ0v) is 21.1. The first kappa shape index (κ1) is 23.5. The number of halogens is 2. The van der Waals surface area contributed by atoms with Crippen molar-refractivity contribution in [1.82, 2.24) is 0 Å². The molecule has 3 aromatic carbocycles. The minimum Gasteiger partial charge on any atom is -0.488 e. The van der Waals surface area contributed by atoms with Crippen LogP contribution >= 0.6 is 39.9 Å². The maximum Gasteiger partial charge on any atom is 0.270 e. The highest BCUT2D eigenvalue weighted by atomic mass is 79.9. The van der Waals surface area contributed by atoms with Gasteiger partial charge < -0.3 is 9.64 Å². The molecule has 0 radical (unpaired) electrons. The molecule has 4 nitrogen and oxygen atoms in total. The van der Waals surface area contributed by atoms with E-state index in [2.05, 4.69) is 15.9 Å². The molecular formula is C25H20BrFN2O2S2. The van der Waals surface area contributed by atoms with Gasteiger partial charge in [-0.3, -0.25) is 9.69 Å². The first-order chi connectivity index (χ1) is 15.8. The lowest BCUT2D eigenvalue weighted by molar-refractivity contribution is -0.113. The van der Waals surface area contributed by atoms with Crippen molar-refractivity contribution in [2.45, 2.75) is 6.61 Å². The molecule has 0 atom stereocenters. The van der Waals surface area contributed by atoms with Gasteiger partial charge in [-0.25, -0.2) is 4.39 Å². The lowest BCUT2D eigenvalue weighted by Crippen LogP contribution is -2.27. The average Bonchev–Trinajstić information content (AvgIpc) is 3.07. The van der Waals surface area contributed by atoms with E-state index in [1.54, 1.807) is 30.3 Å². The van der Waals surface area contributed by atoms with Crippen LogP contribution in [0.4, 0.5) is 15.8 Å². The summed E-state index contributed by atoms with van der Waals surface area (Å²) in [5, 5.41) is 0. The van der Waals surface area contributed by atoms with Crippen LogP contribution in [0.3, 0.4) is 0 Å². The quantitative estimate of drug-likeness (QED) is 0.257. The zero-order chi connectivity index (χ0) is 23.5. The van der Waals surface area contributed by atoms with Crippen molar-refractivity contribution in [3.05, 3.63) is 93.1 Å². The number of thiocarbonyl (C=S) groups is 1. The number of carbonyl (C=O) groups excluding carboxylic acids is 1. The Balaban J connectivity index is 1.59. The van der Waals surface area contributed by atoms with Gasteiger partial charge in [0.25, 0.3) is 5.91 Å². The Labute approximate surface area is 210 Å². The molecule has 1 heterocycles. The molecule has 0 unspecified atom stereocenters. The summed E-state index contributed by atoms with van der Waals surface area (Å²) in [4.78, 5) is 17.2. The molecule has 4 rings (SSSR count). The molecule has 0 aliphatic carbocycles. The molecule has 1 aliphatic rings. The smallest absolute Gasteiger partial charge is 0.270 e. The topological polar surface area (TPSA) is 32.8 Å². The summed E-state index contributed by atoms with van der Waals surface area (Å²) in [5.74, 6) is 0.0296. The first-order valence-corrected chi connectivity index (χ1v) is 12.1. The van der Waals surface area contributed by atoms with Gasteiger partial charge in [-0.05, 0) is 54.6 Å². The highest BCUT2D eigenvalue weighted by Gasteiger charge is 2.33. The van der Waals surface area contributed by atoms with Gasteiger partial charge in [0.1, 0.15) is 18.2 Å². The summed E-state index contributed by atoms with van der Waals surface area (Å²) in [6, 6.07) is 19.6. The molecule has 0 spiro atoms. The minimum absolute atomic E-state index is 0.0777. The van der Waals surface area contributed by atoms with Crippen molar-refractivity contribution in [2.75, 3.05) is 23.9 Å². The normalized spacial score (nSPS) is 14.8. The third-order valence-corrected chi connectivity index (χ3v) is 6.81. The molecule has 0 aromatic heterocycles. The zero-order valence-electron chi connectivity index (χ0n) is 17.9. The second kappa shape index (κ2) is 10.1. The molecule has 1 saturated heterocycles. The number of amides is 1. The summed E-state index contributed by atoms with van der Waals surface area (Å²) in [7, 11) is 3.92. The number of anilines is 2. The molecule has 0 saturated carbocycles.